The molecule has 100 valence electrons. The van der Waals surface area contributed by atoms with Crippen molar-refractivity contribution in [2.45, 2.75) is 17.4 Å². The molecule has 0 bridgehead atoms. The fourth-order valence-corrected chi connectivity index (χ4v) is 3.71. The Morgan fingerprint density at radius 2 is 2.05 bits per heavy atom. The van der Waals surface area contributed by atoms with Crippen LogP contribution < -0.4 is 5.32 Å². The minimum Gasteiger partial charge on any atom is -0.388 e. The van der Waals surface area contributed by atoms with Crippen LogP contribution in [0.1, 0.15) is 6.42 Å². The van der Waals surface area contributed by atoms with Crippen LogP contribution in [-0.4, -0.2) is 24.3 Å². The Labute approximate surface area is 118 Å². The lowest BCUT2D eigenvalue weighted by Gasteiger charge is -2.26. The summed E-state index contributed by atoms with van der Waals surface area (Å²) in [5, 5.41) is 13.7. The third-order valence-electron chi connectivity index (χ3n) is 3.83. The molecule has 2 N–H and O–H groups in total. The van der Waals surface area contributed by atoms with Gasteiger partial charge in [0, 0.05) is 15.7 Å². The zero-order valence-corrected chi connectivity index (χ0v) is 11.6. The maximum Gasteiger partial charge on any atom is 0.0800 e. The molecule has 0 radical (unpaired) electrons. The molecule has 1 heterocycles. The lowest BCUT2D eigenvalue weighted by molar-refractivity contribution is 0.143. The van der Waals surface area contributed by atoms with E-state index < -0.39 is 0 Å². The van der Waals surface area contributed by atoms with Crippen molar-refractivity contribution >= 4 is 11.8 Å². The van der Waals surface area contributed by atoms with Gasteiger partial charge in [-0.15, -0.1) is 0 Å². The molecule has 1 aromatic rings. The van der Waals surface area contributed by atoms with Crippen molar-refractivity contribution in [1.29, 1.82) is 0 Å². The Kier molecular flexibility index (Phi) is 4.06. The van der Waals surface area contributed by atoms with Gasteiger partial charge in [-0.05, 0) is 43.6 Å². The van der Waals surface area contributed by atoms with Gasteiger partial charge in [-0.3, -0.25) is 0 Å². The van der Waals surface area contributed by atoms with Crippen LogP contribution in [-0.2, 0) is 0 Å². The Morgan fingerprint density at radius 3 is 2.74 bits per heavy atom. The second-order valence-electron chi connectivity index (χ2n) is 5.16. The second-order valence-corrected chi connectivity index (χ2v) is 6.31. The zero-order valence-electron chi connectivity index (χ0n) is 10.8. The maximum absolute atomic E-state index is 10.3. The highest BCUT2D eigenvalue weighted by atomic mass is 32.2. The van der Waals surface area contributed by atoms with Gasteiger partial charge in [0.05, 0.1) is 6.10 Å². The number of hydrogen-bond acceptors (Lipinski definition) is 3. The highest BCUT2D eigenvalue weighted by Gasteiger charge is 2.29. The molecule has 2 unspecified atom stereocenters. The van der Waals surface area contributed by atoms with Crippen LogP contribution in [0.15, 0.2) is 58.4 Å². The van der Waals surface area contributed by atoms with Gasteiger partial charge in [-0.1, -0.05) is 42.1 Å². The van der Waals surface area contributed by atoms with Gasteiger partial charge in [-0.25, -0.2) is 0 Å². The second kappa shape index (κ2) is 5.95. The fourth-order valence-electron chi connectivity index (χ4n) is 2.79. The molecule has 2 aliphatic rings. The Bertz CT molecular complexity index is 477. The minimum atomic E-state index is -0.346. The third kappa shape index (κ3) is 3.11. The van der Waals surface area contributed by atoms with E-state index in [1.54, 1.807) is 11.8 Å². The first kappa shape index (κ1) is 13.0. The molecular weight excluding hydrogens is 254 g/mol. The van der Waals surface area contributed by atoms with Gasteiger partial charge in [0.25, 0.3) is 0 Å². The van der Waals surface area contributed by atoms with Gasteiger partial charge < -0.3 is 10.4 Å². The van der Waals surface area contributed by atoms with Crippen LogP contribution in [0.4, 0.5) is 0 Å². The van der Waals surface area contributed by atoms with Crippen LogP contribution in [0.25, 0.3) is 0 Å². The van der Waals surface area contributed by atoms with Gasteiger partial charge in [0.15, 0.2) is 0 Å². The van der Waals surface area contributed by atoms with E-state index in [1.807, 2.05) is 24.3 Å². The smallest absolute Gasteiger partial charge is 0.0800 e. The Balaban J connectivity index is 1.66. The predicted molar refractivity (Wildman–Crippen MR) is 80.0 cm³/mol. The summed E-state index contributed by atoms with van der Waals surface area (Å²) in [6.45, 7) is 2.11. The number of aliphatic hydroxyl groups excluding tert-OH is 1. The number of nitrogens with one attached hydrogen (secondary N) is 1. The maximum atomic E-state index is 10.3. The van der Waals surface area contributed by atoms with Crippen molar-refractivity contribution in [1.82, 2.24) is 5.32 Å². The minimum absolute atomic E-state index is 0.273. The molecule has 1 aliphatic heterocycles. The number of hydrogen-bond donors (Lipinski definition) is 2. The first-order valence-electron chi connectivity index (χ1n) is 6.84. The van der Waals surface area contributed by atoms with E-state index in [9.17, 15) is 5.11 Å². The van der Waals surface area contributed by atoms with Crippen LogP contribution in [0.2, 0.25) is 0 Å². The largest absolute Gasteiger partial charge is 0.388 e. The molecule has 2 nitrogen and oxygen atoms in total. The summed E-state index contributed by atoms with van der Waals surface area (Å²) in [5.41, 5.74) is 0. The van der Waals surface area contributed by atoms with Gasteiger partial charge in [0.2, 0.25) is 0 Å². The summed E-state index contributed by atoms with van der Waals surface area (Å²) < 4.78 is 0. The number of allylic oxidation sites excluding steroid dienone is 1. The predicted octanol–water partition coefficient (Wildman–Crippen LogP) is 2.82. The Hall–Kier alpha value is -1.03. The topological polar surface area (TPSA) is 32.3 Å². The Morgan fingerprint density at radius 1 is 1.21 bits per heavy atom. The number of thioether (sulfide) groups is 1. The van der Waals surface area contributed by atoms with Gasteiger partial charge in [-0.2, -0.15) is 0 Å². The molecule has 1 saturated heterocycles. The average Bonchev–Trinajstić information content (AvgIpc) is 2.94. The number of aliphatic hydroxyl groups is 1. The molecule has 3 atom stereocenters. The van der Waals surface area contributed by atoms with Crippen molar-refractivity contribution in [3.05, 3.63) is 53.5 Å². The average molecular weight is 273 g/mol. The summed E-state index contributed by atoms with van der Waals surface area (Å²) in [5.74, 6) is 0.848. The first-order chi connectivity index (χ1) is 9.33. The highest BCUT2D eigenvalue weighted by molar-refractivity contribution is 8.03. The van der Waals surface area contributed by atoms with Crippen LogP contribution in [0.5, 0.6) is 0 Å². The van der Waals surface area contributed by atoms with E-state index >= 15 is 0 Å². The highest BCUT2D eigenvalue weighted by Crippen LogP contribution is 2.34. The standard InChI is InChI=1S/C16H19NOS/c18-16-10-14(19-13-4-2-1-3-5-13)6-7-15(16)12-8-9-17-11-12/h1-7,10,12,15-18H,8-9,11H2/t12-,15?,16?/m1/s1. The van der Waals surface area contributed by atoms with Crippen molar-refractivity contribution in [2.75, 3.05) is 13.1 Å². The van der Waals surface area contributed by atoms with Crippen LogP contribution in [0.3, 0.4) is 0 Å². The van der Waals surface area contributed by atoms with Gasteiger partial charge in [0.1, 0.15) is 0 Å². The summed E-state index contributed by atoms with van der Waals surface area (Å²) in [6, 6.07) is 10.3. The van der Waals surface area contributed by atoms with Crippen molar-refractivity contribution in [3.63, 3.8) is 0 Å². The van der Waals surface area contributed by atoms with Crippen LogP contribution in [0, 0.1) is 11.8 Å². The van der Waals surface area contributed by atoms with Crippen LogP contribution >= 0.6 is 11.8 Å². The molecular formula is C16H19NOS. The molecule has 3 heteroatoms. The molecule has 0 saturated carbocycles. The fraction of sp³-hybridized carbons (Fsp3) is 0.375. The summed E-state index contributed by atoms with van der Waals surface area (Å²) >= 11 is 1.71. The van der Waals surface area contributed by atoms with E-state index in [-0.39, 0.29) is 12.0 Å². The first-order valence-corrected chi connectivity index (χ1v) is 7.66. The van der Waals surface area contributed by atoms with Crippen molar-refractivity contribution in [2.24, 2.45) is 11.8 Å². The van der Waals surface area contributed by atoms with Gasteiger partial charge >= 0.3 is 0 Å². The molecule has 0 amide bonds. The summed E-state index contributed by atoms with van der Waals surface area (Å²) in [4.78, 5) is 2.35. The normalized spacial score (nSPS) is 30.4. The molecule has 1 aromatic carbocycles. The van der Waals surface area contributed by atoms with E-state index in [1.165, 1.54) is 11.3 Å². The SMILES string of the molecule is OC1C=C(Sc2ccccc2)C=CC1[C@@H]1CCNC1. The van der Waals surface area contributed by atoms with E-state index in [0.717, 1.165) is 18.0 Å². The molecule has 0 aromatic heterocycles. The third-order valence-corrected chi connectivity index (χ3v) is 4.85. The quantitative estimate of drug-likeness (QED) is 0.888. The molecule has 19 heavy (non-hydrogen) atoms. The lowest BCUT2D eigenvalue weighted by Crippen LogP contribution is -2.28. The number of rotatable bonds is 3. The molecule has 1 aliphatic carbocycles. The summed E-state index contributed by atoms with van der Waals surface area (Å²) in [6.07, 6.45) is 7.17. The monoisotopic (exact) mass is 273 g/mol. The number of benzene rings is 1. The van der Waals surface area contributed by atoms with E-state index in [4.69, 9.17) is 0 Å². The summed E-state index contributed by atoms with van der Waals surface area (Å²) in [7, 11) is 0. The van der Waals surface area contributed by atoms with Crippen molar-refractivity contribution < 1.29 is 5.11 Å². The molecule has 0 spiro atoms. The van der Waals surface area contributed by atoms with E-state index in [2.05, 4.69) is 29.6 Å². The molecule has 3 rings (SSSR count). The molecule has 1 fully saturated rings. The van der Waals surface area contributed by atoms with Crippen molar-refractivity contribution in [3.8, 4) is 0 Å². The zero-order chi connectivity index (χ0) is 13.1. The lowest BCUT2D eigenvalue weighted by atomic mass is 9.84. The van der Waals surface area contributed by atoms with E-state index in [0.29, 0.717) is 5.92 Å².